The van der Waals surface area contributed by atoms with E-state index in [2.05, 4.69) is 10.4 Å². The Hall–Kier alpha value is -4.27. The van der Waals surface area contributed by atoms with Crippen LogP contribution in [0.4, 0.5) is 31.1 Å². The van der Waals surface area contributed by atoms with E-state index in [1.54, 1.807) is 0 Å². The molecule has 0 aliphatic heterocycles. The minimum Gasteiger partial charge on any atom is -0.465 e. The number of allylic oxidation sites excluding steroid dienone is 1. The van der Waals surface area contributed by atoms with Crippen LogP contribution >= 0.6 is 11.6 Å². The van der Waals surface area contributed by atoms with Crippen LogP contribution in [0.3, 0.4) is 0 Å². The molecule has 0 saturated heterocycles. The highest BCUT2D eigenvalue weighted by Crippen LogP contribution is 2.32. The first kappa shape index (κ1) is 31.3. The molecule has 0 aliphatic rings. The third kappa shape index (κ3) is 8.86. The number of carbonyl (C=O) groups excluding carboxylic acids is 1. The van der Waals surface area contributed by atoms with Gasteiger partial charge in [-0.05, 0) is 42.3 Å². The first-order chi connectivity index (χ1) is 19.2. The Morgan fingerprint density at radius 3 is 2.29 bits per heavy atom. The molecule has 0 saturated carbocycles. The van der Waals surface area contributed by atoms with Crippen LogP contribution in [0.5, 0.6) is 0 Å². The van der Waals surface area contributed by atoms with Crippen molar-refractivity contribution in [1.82, 2.24) is 24.6 Å². The van der Waals surface area contributed by atoms with Crippen molar-refractivity contribution in [2.24, 2.45) is 0 Å². The third-order valence-corrected chi connectivity index (χ3v) is 5.88. The zero-order valence-corrected chi connectivity index (χ0v) is 21.7. The number of hydrogen-bond donors (Lipinski definition) is 2. The van der Waals surface area contributed by atoms with Gasteiger partial charge in [0.05, 0.1) is 5.56 Å². The number of amides is 2. The minimum absolute atomic E-state index is 0.0960. The van der Waals surface area contributed by atoms with Crippen molar-refractivity contribution in [3.63, 3.8) is 0 Å². The van der Waals surface area contributed by atoms with Gasteiger partial charge in [0.2, 0.25) is 5.91 Å². The Balaban J connectivity index is 1.67. The smallest absolute Gasteiger partial charge is 0.416 e. The molecule has 0 unspecified atom stereocenters. The van der Waals surface area contributed by atoms with E-state index in [4.69, 9.17) is 11.6 Å². The van der Waals surface area contributed by atoms with Crippen molar-refractivity contribution in [1.29, 1.82) is 0 Å². The number of hydrogen-bond acceptors (Lipinski definition) is 4. The minimum atomic E-state index is -4.74. The fourth-order valence-electron chi connectivity index (χ4n) is 3.71. The maximum Gasteiger partial charge on any atom is 0.416 e. The van der Waals surface area contributed by atoms with Crippen molar-refractivity contribution in [3.8, 4) is 11.4 Å². The van der Waals surface area contributed by atoms with Crippen molar-refractivity contribution < 1.29 is 41.0 Å². The van der Waals surface area contributed by atoms with Gasteiger partial charge in [0, 0.05) is 42.5 Å². The monoisotopic (exact) mass is 605 g/mol. The fourth-order valence-corrected chi connectivity index (χ4v) is 3.83. The summed E-state index contributed by atoms with van der Waals surface area (Å²) in [5, 5.41) is 16.1. The first-order valence-corrected chi connectivity index (χ1v) is 12.1. The van der Waals surface area contributed by atoms with Crippen LogP contribution in [0, 0.1) is 0 Å². The van der Waals surface area contributed by atoms with Gasteiger partial charge in [0.25, 0.3) is 0 Å². The fraction of sp³-hybridized carbons (Fsp3) is 0.280. The summed E-state index contributed by atoms with van der Waals surface area (Å²) in [5.41, 5.74) is -1.80. The molecule has 1 heterocycles. The summed E-state index contributed by atoms with van der Waals surface area (Å²) < 4.78 is 79.1. The third-order valence-electron chi connectivity index (χ3n) is 5.63. The second-order valence-corrected chi connectivity index (χ2v) is 8.96. The first-order valence-electron chi connectivity index (χ1n) is 11.8. The number of carboxylic acid groups (broad SMARTS) is 1. The van der Waals surface area contributed by atoms with Crippen LogP contribution in [0.1, 0.15) is 11.1 Å². The lowest BCUT2D eigenvalue weighted by Gasteiger charge is -2.20. The molecule has 3 aromatic rings. The number of alkyl halides is 6. The number of nitrogens with zero attached hydrogens (tertiary/aromatic N) is 4. The van der Waals surface area contributed by atoms with Crippen molar-refractivity contribution >= 4 is 29.8 Å². The summed E-state index contributed by atoms with van der Waals surface area (Å²) in [5.74, 6) is -1.01. The molecule has 0 aliphatic carbocycles. The molecule has 2 aromatic carbocycles. The molecule has 0 atom stereocenters. The molecule has 220 valence electrons. The molecule has 0 radical (unpaired) electrons. The molecule has 0 spiro atoms. The maximum absolute atomic E-state index is 13.2. The summed E-state index contributed by atoms with van der Waals surface area (Å²) in [4.78, 5) is 37.6. The highest BCUT2D eigenvalue weighted by atomic mass is 35.5. The molecule has 2 amide bonds. The molecular formula is C25H22ClF6N5O4. The van der Waals surface area contributed by atoms with Crippen molar-refractivity contribution in [2.75, 3.05) is 19.6 Å². The van der Waals surface area contributed by atoms with E-state index >= 15 is 0 Å². The van der Waals surface area contributed by atoms with E-state index in [1.165, 1.54) is 42.5 Å². The SMILES string of the molecule is O=C(Cn1nc(-c2ccc(Cl)cc2)n(/C=C/C(F)(F)F)c1=O)NCCN(CCc1ccccc1C(F)(F)F)C(=O)O. The molecule has 0 bridgehead atoms. The van der Waals surface area contributed by atoms with Gasteiger partial charge in [-0.25, -0.2) is 18.8 Å². The van der Waals surface area contributed by atoms with Gasteiger partial charge in [0.1, 0.15) is 6.54 Å². The lowest BCUT2D eigenvalue weighted by atomic mass is 10.0. The predicted molar refractivity (Wildman–Crippen MR) is 136 cm³/mol. The Bertz CT molecular complexity index is 1460. The molecule has 41 heavy (non-hydrogen) atoms. The maximum atomic E-state index is 13.2. The van der Waals surface area contributed by atoms with Gasteiger partial charge in [-0.2, -0.15) is 26.3 Å². The van der Waals surface area contributed by atoms with Crippen LogP contribution in [0.25, 0.3) is 17.6 Å². The largest absolute Gasteiger partial charge is 0.465 e. The lowest BCUT2D eigenvalue weighted by Crippen LogP contribution is -2.40. The van der Waals surface area contributed by atoms with Gasteiger partial charge in [0.15, 0.2) is 5.82 Å². The van der Waals surface area contributed by atoms with Gasteiger partial charge in [-0.3, -0.25) is 4.79 Å². The van der Waals surface area contributed by atoms with Crippen LogP contribution in [0.15, 0.2) is 59.4 Å². The number of benzene rings is 2. The standard InChI is InChI=1S/C25H22ClF6N5O4/c26-18-7-5-17(6-8-18)21-34-37(22(39)36(21)13-10-24(27,28)29)15-20(38)33-11-14-35(23(40)41)12-9-16-3-1-2-4-19(16)25(30,31)32/h1-8,10,13H,9,11-12,14-15H2,(H,33,38)(H,40,41)/b13-10+. The number of rotatable bonds is 10. The van der Waals surface area contributed by atoms with Gasteiger partial charge >= 0.3 is 24.1 Å². The van der Waals surface area contributed by atoms with Gasteiger partial charge in [-0.1, -0.05) is 29.8 Å². The summed E-state index contributed by atoms with van der Waals surface area (Å²) in [6.07, 6.45) is -10.7. The van der Waals surface area contributed by atoms with E-state index in [0.29, 0.717) is 20.5 Å². The van der Waals surface area contributed by atoms with Crippen molar-refractivity contribution in [2.45, 2.75) is 25.3 Å². The summed E-state index contributed by atoms with van der Waals surface area (Å²) >= 11 is 5.84. The van der Waals surface area contributed by atoms with Crippen LogP contribution in [-0.4, -0.2) is 62.2 Å². The summed E-state index contributed by atoms with van der Waals surface area (Å²) in [6, 6.07) is 10.4. The molecule has 2 N–H and O–H groups in total. The Morgan fingerprint density at radius 2 is 1.68 bits per heavy atom. The molecule has 0 fully saturated rings. The zero-order valence-electron chi connectivity index (χ0n) is 20.9. The molecular weight excluding hydrogens is 584 g/mol. The van der Waals surface area contributed by atoms with Crippen molar-refractivity contribution in [3.05, 3.63) is 81.2 Å². The quantitative estimate of drug-likeness (QED) is 0.324. The second-order valence-electron chi connectivity index (χ2n) is 8.52. The summed E-state index contributed by atoms with van der Waals surface area (Å²) in [6.45, 7) is -1.56. The van der Waals surface area contributed by atoms with E-state index in [9.17, 15) is 45.8 Å². The highest BCUT2D eigenvalue weighted by Gasteiger charge is 2.33. The van der Waals surface area contributed by atoms with Crippen LogP contribution < -0.4 is 11.0 Å². The van der Waals surface area contributed by atoms with E-state index in [0.717, 1.165) is 11.0 Å². The number of nitrogens with one attached hydrogen (secondary N) is 1. The second kappa shape index (κ2) is 12.9. The van der Waals surface area contributed by atoms with E-state index < -0.39 is 42.2 Å². The van der Waals surface area contributed by atoms with E-state index in [1.807, 2.05) is 0 Å². The molecule has 3 rings (SSSR count). The number of aromatic nitrogens is 3. The normalized spacial score (nSPS) is 12.1. The average Bonchev–Trinajstić information content (AvgIpc) is 3.18. The topological polar surface area (TPSA) is 109 Å². The van der Waals surface area contributed by atoms with Crippen LogP contribution in [-0.2, 0) is 23.9 Å². The predicted octanol–water partition coefficient (Wildman–Crippen LogP) is 4.76. The number of halogens is 7. The van der Waals surface area contributed by atoms with Gasteiger partial charge < -0.3 is 15.3 Å². The molecule has 1 aromatic heterocycles. The number of carbonyl (C=O) groups is 2. The zero-order chi connectivity index (χ0) is 30.4. The average molecular weight is 606 g/mol. The summed E-state index contributed by atoms with van der Waals surface area (Å²) in [7, 11) is 0. The molecule has 16 heteroatoms. The van der Waals surface area contributed by atoms with Crippen LogP contribution in [0.2, 0.25) is 5.02 Å². The Labute approximate surface area is 233 Å². The Morgan fingerprint density at radius 1 is 1.02 bits per heavy atom. The highest BCUT2D eigenvalue weighted by molar-refractivity contribution is 6.30. The van der Waals surface area contributed by atoms with Gasteiger partial charge in [-0.15, -0.1) is 5.10 Å². The lowest BCUT2D eigenvalue weighted by molar-refractivity contribution is -0.138. The molecule has 9 nitrogen and oxygen atoms in total. The van der Waals surface area contributed by atoms with E-state index in [-0.39, 0.29) is 49.1 Å². The Kier molecular flexibility index (Phi) is 9.86.